The SMILES string of the molecule is CCN1CCC(CCNC(=NC)NCc2ccccc2Cn2cccn2)CC1.I. The van der Waals surface area contributed by atoms with E-state index in [0.29, 0.717) is 0 Å². The van der Waals surface area contributed by atoms with Gasteiger partial charge in [0, 0.05) is 32.5 Å². The van der Waals surface area contributed by atoms with Gasteiger partial charge in [-0.05, 0) is 62.0 Å². The lowest BCUT2D eigenvalue weighted by Gasteiger charge is -2.31. The summed E-state index contributed by atoms with van der Waals surface area (Å²) in [5.41, 5.74) is 2.55. The maximum atomic E-state index is 4.39. The van der Waals surface area contributed by atoms with E-state index in [9.17, 15) is 0 Å². The van der Waals surface area contributed by atoms with Crippen molar-refractivity contribution in [2.45, 2.75) is 39.3 Å². The van der Waals surface area contributed by atoms with Crippen molar-refractivity contribution in [3.05, 3.63) is 53.9 Å². The first-order valence-corrected chi connectivity index (χ1v) is 10.5. The highest BCUT2D eigenvalue weighted by Crippen LogP contribution is 2.19. The molecule has 1 aliphatic heterocycles. The lowest BCUT2D eigenvalue weighted by atomic mass is 9.93. The Morgan fingerprint density at radius 3 is 2.55 bits per heavy atom. The van der Waals surface area contributed by atoms with Crippen LogP contribution >= 0.6 is 24.0 Å². The molecular weight excluding hydrogens is 475 g/mol. The van der Waals surface area contributed by atoms with E-state index < -0.39 is 0 Å². The van der Waals surface area contributed by atoms with E-state index in [0.717, 1.165) is 31.5 Å². The smallest absolute Gasteiger partial charge is 0.191 e. The molecule has 2 aromatic rings. The van der Waals surface area contributed by atoms with Crippen LogP contribution in [0, 0.1) is 5.92 Å². The second-order valence-corrected chi connectivity index (χ2v) is 7.49. The molecule has 2 N–H and O–H groups in total. The number of likely N-dealkylation sites (tertiary alicyclic amines) is 1. The number of halogens is 1. The molecule has 0 spiro atoms. The maximum absolute atomic E-state index is 4.39. The van der Waals surface area contributed by atoms with Crippen LogP contribution in [-0.2, 0) is 13.1 Å². The highest BCUT2D eigenvalue weighted by Gasteiger charge is 2.17. The van der Waals surface area contributed by atoms with E-state index in [-0.39, 0.29) is 24.0 Å². The molecular formula is C22H35IN6. The molecule has 0 unspecified atom stereocenters. The van der Waals surface area contributed by atoms with Gasteiger partial charge in [0.05, 0.1) is 6.54 Å². The zero-order valence-corrected chi connectivity index (χ0v) is 20.0. The molecule has 160 valence electrons. The summed E-state index contributed by atoms with van der Waals surface area (Å²) in [7, 11) is 1.84. The van der Waals surface area contributed by atoms with Crippen molar-refractivity contribution in [1.82, 2.24) is 25.3 Å². The Labute approximate surface area is 192 Å². The van der Waals surface area contributed by atoms with E-state index in [4.69, 9.17) is 0 Å². The summed E-state index contributed by atoms with van der Waals surface area (Å²) in [6.07, 6.45) is 7.67. The lowest BCUT2D eigenvalue weighted by Crippen LogP contribution is -2.39. The molecule has 1 aromatic heterocycles. The van der Waals surface area contributed by atoms with Crippen molar-refractivity contribution in [1.29, 1.82) is 0 Å². The van der Waals surface area contributed by atoms with Gasteiger partial charge in [-0.1, -0.05) is 31.2 Å². The quantitative estimate of drug-likeness (QED) is 0.325. The zero-order chi connectivity index (χ0) is 19.6. The van der Waals surface area contributed by atoms with E-state index >= 15 is 0 Å². The number of nitrogens with one attached hydrogen (secondary N) is 2. The van der Waals surface area contributed by atoms with Crippen LogP contribution in [0.15, 0.2) is 47.7 Å². The molecule has 2 heterocycles. The Morgan fingerprint density at radius 2 is 1.90 bits per heavy atom. The predicted molar refractivity (Wildman–Crippen MR) is 131 cm³/mol. The summed E-state index contributed by atoms with van der Waals surface area (Å²) in [6, 6.07) is 10.5. The summed E-state index contributed by atoms with van der Waals surface area (Å²) >= 11 is 0. The number of rotatable bonds is 8. The van der Waals surface area contributed by atoms with E-state index in [2.05, 4.69) is 56.8 Å². The third-order valence-electron chi connectivity index (χ3n) is 5.68. The van der Waals surface area contributed by atoms with Gasteiger partial charge in [-0.25, -0.2) is 0 Å². The lowest BCUT2D eigenvalue weighted by molar-refractivity contribution is 0.187. The number of benzene rings is 1. The number of piperidine rings is 1. The Balaban J connectivity index is 0.00000300. The average Bonchev–Trinajstić information content (AvgIpc) is 3.25. The van der Waals surface area contributed by atoms with Gasteiger partial charge >= 0.3 is 0 Å². The molecule has 1 saturated heterocycles. The van der Waals surface area contributed by atoms with Gasteiger partial charge in [-0.3, -0.25) is 9.67 Å². The van der Waals surface area contributed by atoms with Crippen molar-refractivity contribution in [2.24, 2.45) is 10.9 Å². The molecule has 0 radical (unpaired) electrons. The number of nitrogens with zero attached hydrogens (tertiary/aromatic N) is 4. The van der Waals surface area contributed by atoms with Crippen LogP contribution in [0.2, 0.25) is 0 Å². The highest BCUT2D eigenvalue weighted by atomic mass is 127. The number of aromatic nitrogens is 2. The minimum absolute atomic E-state index is 0. The molecule has 3 rings (SSSR count). The second-order valence-electron chi connectivity index (χ2n) is 7.49. The summed E-state index contributed by atoms with van der Waals surface area (Å²) in [4.78, 5) is 6.93. The normalized spacial score (nSPS) is 15.7. The molecule has 7 heteroatoms. The summed E-state index contributed by atoms with van der Waals surface area (Å²) in [5, 5.41) is 11.3. The van der Waals surface area contributed by atoms with E-state index in [1.54, 1.807) is 0 Å². The van der Waals surface area contributed by atoms with Gasteiger partial charge in [0.25, 0.3) is 0 Å². The Bertz CT molecular complexity index is 723. The Kier molecular flexibility index (Phi) is 10.5. The Hall–Kier alpha value is -1.61. The monoisotopic (exact) mass is 510 g/mol. The molecule has 1 aromatic carbocycles. The van der Waals surface area contributed by atoms with Crippen LogP contribution in [0.3, 0.4) is 0 Å². The van der Waals surface area contributed by atoms with Crippen LogP contribution in [0.4, 0.5) is 0 Å². The molecule has 1 aliphatic rings. The molecule has 0 aliphatic carbocycles. The average molecular weight is 510 g/mol. The zero-order valence-electron chi connectivity index (χ0n) is 17.7. The molecule has 1 fully saturated rings. The van der Waals surface area contributed by atoms with Crippen LogP contribution < -0.4 is 10.6 Å². The molecule has 0 amide bonds. The van der Waals surface area contributed by atoms with E-state index in [1.807, 2.05) is 30.2 Å². The Morgan fingerprint density at radius 1 is 1.14 bits per heavy atom. The second kappa shape index (κ2) is 12.8. The standard InChI is InChI=1S/C22H34N6.HI/c1-3-27-15-10-19(11-16-27)9-13-24-22(23-2)25-17-20-7-4-5-8-21(20)18-28-14-6-12-26-28;/h4-8,12,14,19H,3,9-11,13,15-18H2,1-2H3,(H2,23,24,25);1H. The molecule has 0 saturated carbocycles. The van der Waals surface area contributed by atoms with Crippen molar-refractivity contribution in [2.75, 3.05) is 33.2 Å². The largest absolute Gasteiger partial charge is 0.356 e. The molecule has 0 atom stereocenters. The highest BCUT2D eigenvalue weighted by molar-refractivity contribution is 14.0. The van der Waals surface area contributed by atoms with Gasteiger partial charge in [-0.15, -0.1) is 24.0 Å². The van der Waals surface area contributed by atoms with Crippen molar-refractivity contribution < 1.29 is 0 Å². The minimum Gasteiger partial charge on any atom is -0.356 e. The fraction of sp³-hybridized carbons (Fsp3) is 0.545. The fourth-order valence-corrected chi connectivity index (χ4v) is 3.84. The van der Waals surface area contributed by atoms with Gasteiger partial charge in [0.1, 0.15) is 0 Å². The number of hydrogen-bond donors (Lipinski definition) is 2. The van der Waals surface area contributed by atoms with Gasteiger partial charge in [0.15, 0.2) is 5.96 Å². The summed E-state index contributed by atoms with van der Waals surface area (Å²) in [5.74, 6) is 1.71. The van der Waals surface area contributed by atoms with Gasteiger partial charge < -0.3 is 15.5 Å². The molecule has 6 nitrogen and oxygen atoms in total. The summed E-state index contributed by atoms with van der Waals surface area (Å²) < 4.78 is 1.95. The predicted octanol–water partition coefficient (Wildman–Crippen LogP) is 3.34. The van der Waals surface area contributed by atoms with Gasteiger partial charge in [0.2, 0.25) is 0 Å². The van der Waals surface area contributed by atoms with Crippen LogP contribution in [-0.4, -0.2) is 53.9 Å². The van der Waals surface area contributed by atoms with Crippen LogP contribution in [0.5, 0.6) is 0 Å². The topological polar surface area (TPSA) is 57.5 Å². The van der Waals surface area contributed by atoms with Crippen LogP contribution in [0.1, 0.15) is 37.3 Å². The minimum atomic E-state index is 0. The fourth-order valence-electron chi connectivity index (χ4n) is 3.84. The first kappa shape index (κ1) is 23.7. The molecule has 0 bridgehead atoms. The maximum Gasteiger partial charge on any atom is 0.191 e. The van der Waals surface area contributed by atoms with Gasteiger partial charge in [-0.2, -0.15) is 5.10 Å². The first-order chi connectivity index (χ1) is 13.8. The van der Waals surface area contributed by atoms with Crippen molar-refractivity contribution in [3.63, 3.8) is 0 Å². The van der Waals surface area contributed by atoms with E-state index in [1.165, 1.54) is 50.0 Å². The summed E-state index contributed by atoms with van der Waals surface area (Å²) in [6.45, 7) is 8.46. The third-order valence-corrected chi connectivity index (χ3v) is 5.68. The first-order valence-electron chi connectivity index (χ1n) is 10.5. The van der Waals surface area contributed by atoms with Crippen LogP contribution in [0.25, 0.3) is 0 Å². The number of hydrogen-bond acceptors (Lipinski definition) is 3. The third kappa shape index (κ3) is 7.62. The van der Waals surface area contributed by atoms with Crippen molar-refractivity contribution in [3.8, 4) is 0 Å². The number of guanidine groups is 1. The van der Waals surface area contributed by atoms with Crippen molar-refractivity contribution >= 4 is 29.9 Å². The molecule has 29 heavy (non-hydrogen) atoms. The number of aliphatic imine (C=N–C) groups is 1.